The summed E-state index contributed by atoms with van der Waals surface area (Å²) in [6.07, 6.45) is 7.46. The third-order valence-corrected chi connectivity index (χ3v) is 5.05. The predicted molar refractivity (Wildman–Crippen MR) is 89.7 cm³/mol. The highest BCUT2D eigenvalue weighted by molar-refractivity contribution is 9.10. The molecule has 1 saturated heterocycles. The highest BCUT2D eigenvalue weighted by Crippen LogP contribution is 2.26. The number of halogens is 1. The molecule has 1 heterocycles. The van der Waals surface area contributed by atoms with E-state index in [0.29, 0.717) is 11.7 Å². The first kappa shape index (κ1) is 15.7. The fourth-order valence-electron chi connectivity index (χ4n) is 3.35. The Labute approximate surface area is 139 Å². The largest absolute Gasteiger partial charge is 0.303 e. The van der Waals surface area contributed by atoms with Gasteiger partial charge < -0.3 is 5.32 Å². The summed E-state index contributed by atoms with van der Waals surface area (Å²) in [5.74, 6) is -0.227. The van der Waals surface area contributed by atoms with Crippen molar-refractivity contribution >= 4 is 33.4 Å². The number of carbonyl (C=O) groups is 2. The summed E-state index contributed by atoms with van der Waals surface area (Å²) < 4.78 is 0.934. The van der Waals surface area contributed by atoms with Crippen LogP contribution in [0, 0.1) is 0 Å². The summed E-state index contributed by atoms with van der Waals surface area (Å²) in [4.78, 5) is 26.2. The Morgan fingerprint density at radius 3 is 2.27 bits per heavy atom. The van der Waals surface area contributed by atoms with Crippen molar-refractivity contribution in [3.05, 3.63) is 28.7 Å². The minimum atomic E-state index is -0.362. The van der Waals surface area contributed by atoms with Gasteiger partial charge in [-0.1, -0.05) is 41.6 Å². The minimum absolute atomic E-state index is 0.113. The molecule has 5 heteroatoms. The van der Waals surface area contributed by atoms with Gasteiger partial charge >= 0.3 is 0 Å². The Morgan fingerprint density at radius 2 is 1.64 bits per heavy atom. The zero-order valence-corrected chi connectivity index (χ0v) is 14.1. The zero-order chi connectivity index (χ0) is 15.5. The number of hydrogen-bond acceptors (Lipinski definition) is 3. The highest BCUT2D eigenvalue weighted by Gasteiger charge is 2.40. The van der Waals surface area contributed by atoms with Gasteiger partial charge in [0.2, 0.25) is 5.91 Å². The Bertz CT molecular complexity index is 550. The average molecular weight is 365 g/mol. The second kappa shape index (κ2) is 6.92. The van der Waals surface area contributed by atoms with Crippen LogP contribution in [0.15, 0.2) is 28.7 Å². The number of imide groups is 1. The van der Waals surface area contributed by atoms with E-state index in [1.165, 1.54) is 30.6 Å². The Morgan fingerprint density at radius 1 is 1.00 bits per heavy atom. The van der Waals surface area contributed by atoms with Crippen molar-refractivity contribution in [2.24, 2.45) is 0 Å². The van der Waals surface area contributed by atoms with Crippen LogP contribution in [0.25, 0.3) is 0 Å². The van der Waals surface area contributed by atoms with Gasteiger partial charge in [0.05, 0.1) is 18.2 Å². The molecular weight excluding hydrogens is 344 g/mol. The maximum Gasteiger partial charge on any atom is 0.251 e. The first-order valence-electron chi connectivity index (χ1n) is 8.03. The maximum atomic E-state index is 12.6. The molecule has 118 valence electrons. The average Bonchev–Trinajstić information content (AvgIpc) is 2.70. The van der Waals surface area contributed by atoms with Gasteiger partial charge in [0.25, 0.3) is 5.91 Å². The summed E-state index contributed by atoms with van der Waals surface area (Å²) in [6, 6.07) is 7.31. The van der Waals surface area contributed by atoms with Gasteiger partial charge in [0.15, 0.2) is 0 Å². The normalized spacial score (nSPS) is 23.9. The molecule has 1 N–H and O–H groups in total. The van der Waals surface area contributed by atoms with Crippen LogP contribution in [-0.2, 0) is 9.59 Å². The van der Waals surface area contributed by atoms with Crippen LogP contribution >= 0.6 is 15.9 Å². The van der Waals surface area contributed by atoms with Crippen LogP contribution in [0.3, 0.4) is 0 Å². The third kappa shape index (κ3) is 3.41. The van der Waals surface area contributed by atoms with Gasteiger partial charge in [-0.15, -0.1) is 0 Å². The molecule has 4 nitrogen and oxygen atoms in total. The van der Waals surface area contributed by atoms with Crippen LogP contribution in [0.5, 0.6) is 0 Å². The van der Waals surface area contributed by atoms with E-state index in [2.05, 4.69) is 21.2 Å². The SMILES string of the molecule is O=C1CC(NC2CCCCCC2)C(=O)N1c1ccc(Br)cc1. The van der Waals surface area contributed by atoms with Crippen molar-refractivity contribution in [3.63, 3.8) is 0 Å². The van der Waals surface area contributed by atoms with E-state index in [0.717, 1.165) is 17.3 Å². The lowest BCUT2D eigenvalue weighted by molar-refractivity contribution is -0.121. The van der Waals surface area contributed by atoms with Crippen molar-refractivity contribution in [1.82, 2.24) is 5.32 Å². The van der Waals surface area contributed by atoms with E-state index in [1.54, 1.807) is 12.1 Å². The second-order valence-corrected chi connectivity index (χ2v) is 7.07. The van der Waals surface area contributed by atoms with Gasteiger partial charge in [0.1, 0.15) is 0 Å². The van der Waals surface area contributed by atoms with E-state index >= 15 is 0 Å². The van der Waals surface area contributed by atoms with Crippen LogP contribution < -0.4 is 10.2 Å². The molecule has 0 aromatic heterocycles. The van der Waals surface area contributed by atoms with Crippen molar-refractivity contribution in [2.75, 3.05) is 4.90 Å². The Kier molecular flexibility index (Phi) is 4.93. The predicted octanol–water partition coefficient (Wildman–Crippen LogP) is 3.39. The smallest absolute Gasteiger partial charge is 0.251 e. The van der Waals surface area contributed by atoms with E-state index < -0.39 is 0 Å². The van der Waals surface area contributed by atoms with E-state index in [1.807, 2.05) is 12.1 Å². The molecule has 1 unspecified atom stereocenters. The highest BCUT2D eigenvalue weighted by atomic mass is 79.9. The topological polar surface area (TPSA) is 49.4 Å². The zero-order valence-electron chi connectivity index (χ0n) is 12.6. The monoisotopic (exact) mass is 364 g/mol. The molecular formula is C17H21BrN2O2. The quantitative estimate of drug-likeness (QED) is 0.660. The fraction of sp³-hybridized carbons (Fsp3) is 0.529. The molecule has 3 rings (SSSR count). The van der Waals surface area contributed by atoms with Crippen molar-refractivity contribution < 1.29 is 9.59 Å². The molecule has 0 bridgehead atoms. The standard InChI is InChI=1S/C17H21BrN2O2/c18-12-7-9-14(10-8-12)20-16(21)11-15(17(20)22)19-13-5-3-1-2-4-6-13/h7-10,13,15,19H,1-6,11H2. The summed E-state index contributed by atoms with van der Waals surface area (Å²) >= 11 is 3.37. The first-order chi connectivity index (χ1) is 10.6. The van der Waals surface area contributed by atoms with E-state index in [9.17, 15) is 9.59 Å². The van der Waals surface area contributed by atoms with Crippen molar-refractivity contribution in [3.8, 4) is 0 Å². The molecule has 22 heavy (non-hydrogen) atoms. The van der Waals surface area contributed by atoms with Crippen LogP contribution in [0.4, 0.5) is 5.69 Å². The van der Waals surface area contributed by atoms with Gasteiger partial charge in [-0.25, -0.2) is 4.90 Å². The molecule has 1 aliphatic carbocycles. The van der Waals surface area contributed by atoms with E-state index in [4.69, 9.17) is 0 Å². The summed E-state index contributed by atoms with van der Waals surface area (Å²) in [5, 5.41) is 3.43. The number of carbonyl (C=O) groups excluding carboxylic acids is 2. The summed E-state index contributed by atoms with van der Waals surface area (Å²) in [5.41, 5.74) is 0.656. The lowest BCUT2D eigenvalue weighted by Gasteiger charge is -2.20. The minimum Gasteiger partial charge on any atom is -0.303 e. The molecule has 0 radical (unpaired) electrons. The first-order valence-corrected chi connectivity index (χ1v) is 8.83. The van der Waals surface area contributed by atoms with Gasteiger partial charge in [-0.05, 0) is 37.1 Å². The molecule has 1 aliphatic heterocycles. The van der Waals surface area contributed by atoms with E-state index in [-0.39, 0.29) is 24.3 Å². The van der Waals surface area contributed by atoms with Gasteiger partial charge in [-0.3, -0.25) is 9.59 Å². The lowest BCUT2D eigenvalue weighted by atomic mass is 10.1. The molecule has 1 saturated carbocycles. The number of rotatable bonds is 3. The molecule has 0 spiro atoms. The number of nitrogens with zero attached hydrogens (tertiary/aromatic N) is 1. The molecule has 2 aliphatic rings. The van der Waals surface area contributed by atoms with Crippen molar-refractivity contribution in [2.45, 2.75) is 57.0 Å². The van der Waals surface area contributed by atoms with Crippen molar-refractivity contribution in [1.29, 1.82) is 0 Å². The Hall–Kier alpha value is -1.20. The fourth-order valence-corrected chi connectivity index (χ4v) is 3.62. The second-order valence-electron chi connectivity index (χ2n) is 6.16. The molecule has 1 aromatic carbocycles. The molecule has 1 aromatic rings. The van der Waals surface area contributed by atoms with Crippen LogP contribution in [0.1, 0.15) is 44.9 Å². The number of anilines is 1. The number of benzene rings is 1. The number of amides is 2. The number of hydrogen-bond donors (Lipinski definition) is 1. The summed E-state index contributed by atoms with van der Waals surface area (Å²) in [7, 11) is 0. The number of nitrogens with one attached hydrogen (secondary N) is 1. The van der Waals surface area contributed by atoms with Gasteiger partial charge in [-0.2, -0.15) is 0 Å². The van der Waals surface area contributed by atoms with Crippen LogP contribution in [0.2, 0.25) is 0 Å². The maximum absolute atomic E-state index is 12.6. The van der Waals surface area contributed by atoms with Gasteiger partial charge in [0, 0.05) is 10.5 Å². The lowest BCUT2D eigenvalue weighted by Crippen LogP contribution is -2.43. The summed E-state index contributed by atoms with van der Waals surface area (Å²) in [6.45, 7) is 0. The van der Waals surface area contributed by atoms with Crippen LogP contribution in [-0.4, -0.2) is 23.9 Å². The molecule has 1 atom stereocenters. The molecule has 2 fully saturated rings. The third-order valence-electron chi connectivity index (χ3n) is 4.52. The molecule has 2 amide bonds. The Balaban J connectivity index is 1.69.